The molecule has 0 aliphatic heterocycles. The topological polar surface area (TPSA) is 100 Å². The molecular formula is C22H20N4O. The average molecular weight is 356 g/mol. The smallest absolute Gasteiger partial charge is 0.241 e. The van der Waals surface area contributed by atoms with Gasteiger partial charge in [-0.05, 0) is 49.2 Å². The highest BCUT2D eigenvalue weighted by Crippen LogP contribution is 2.29. The van der Waals surface area contributed by atoms with Gasteiger partial charge in [-0.3, -0.25) is 4.79 Å². The normalized spacial score (nSPS) is 10.5. The second kappa shape index (κ2) is 8.65. The lowest BCUT2D eigenvalue weighted by Crippen LogP contribution is -2.45. The molecule has 0 atom stereocenters. The summed E-state index contributed by atoms with van der Waals surface area (Å²) < 4.78 is 0. The number of nitriles is 3. The van der Waals surface area contributed by atoms with Crippen molar-refractivity contribution in [3.05, 3.63) is 70.8 Å². The van der Waals surface area contributed by atoms with Gasteiger partial charge in [0.25, 0.3) is 0 Å². The summed E-state index contributed by atoms with van der Waals surface area (Å²) in [5.41, 5.74) is 1.39. The highest BCUT2D eigenvalue weighted by molar-refractivity contribution is 5.86. The van der Waals surface area contributed by atoms with Crippen LogP contribution < -0.4 is 5.32 Å². The van der Waals surface area contributed by atoms with Crippen LogP contribution in [-0.2, 0) is 17.6 Å². The zero-order valence-corrected chi connectivity index (χ0v) is 15.4. The maximum Gasteiger partial charge on any atom is 0.241 e. The summed E-state index contributed by atoms with van der Waals surface area (Å²) in [5.74, 6) is -0.325. The minimum absolute atomic E-state index is 0.0906. The Kier molecular flexibility index (Phi) is 6.32. The van der Waals surface area contributed by atoms with Crippen LogP contribution in [0.2, 0.25) is 0 Å². The summed E-state index contributed by atoms with van der Waals surface area (Å²) in [5, 5.41) is 30.7. The second-order valence-corrected chi connectivity index (χ2v) is 6.79. The van der Waals surface area contributed by atoms with Crippen molar-refractivity contribution < 1.29 is 4.79 Å². The Hall–Kier alpha value is -3.62. The molecule has 0 saturated carbocycles. The number of hydrogen-bond acceptors (Lipinski definition) is 4. The first-order valence-corrected chi connectivity index (χ1v) is 8.63. The number of benzene rings is 2. The fourth-order valence-electron chi connectivity index (χ4n) is 2.84. The van der Waals surface area contributed by atoms with Crippen molar-refractivity contribution in [3.63, 3.8) is 0 Å². The Morgan fingerprint density at radius 3 is 1.59 bits per heavy atom. The predicted molar refractivity (Wildman–Crippen MR) is 101 cm³/mol. The van der Waals surface area contributed by atoms with E-state index in [1.165, 1.54) is 0 Å². The number of rotatable bonds is 6. The van der Waals surface area contributed by atoms with Gasteiger partial charge in [-0.2, -0.15) is 15.8 Å². The molecule has 2 aromatic rings. The van der Waals surface area contributed by atoms with Crippen molar-refractivity contribution >= 4 is 5.91 Å². The van der Waals surface area contributed by atoms with Gasteiger partial charge in [0.15, 0.2) is 0 Å². The van der Waals surface area contributed by atoms with Gasteiger partial charge in [0.2, 0.25) is 5.91 Å². The van der Waals surface area contributed by atoms with Gasteiger partial charge in [-0.15, -0.1) is 0 Å². The molecule has 0 saturated heterocycles. The number of nitrogens with zero attached hydrogens (tertiary/aromatic N) is 3. The van der Waals surface area contributed by atoms with E-state index < -0.39 is 5.41 Å². The van der Waals surface area contributed by atoms with Gasteiger partial charge in [-0.1, -0.05) is 24.3 Å². The van der Waals surface area contributed by atoms with E-state index in [4.69, 9.17) is 10.5 Å². The summed E-state index contributed by atoms with van der Waals surface area (Å²) in [4.78, 5) is 12.9. The van der Waals surface area contributed by atoms with Crippen LogP contribution >= 0.6 is 0 Å². The molecule has 1 amide bonds. The van der Waals surface area contributed by atoms with Crippen molar-refractivity contribution in [1.82, 2.24) is 5.32 Å². The zero-order valence-electron chi connectivity index (χ0n) is 15.4. The Balaban J connectivity index is 2.39. The Bertz CT molecular complexity index is 863. The first kappa shape index (κ1) is 19.7. The van der Waals surface area contributed by atoms with E-state index in [0.29, 0.717) is 11.1 Å². The maximum absolute atomic E-state index is 12.9. The molecule has 0 aliphatic carbocycles. The van der Waals surface area contributed by atoms with Crippen molar-refractivity contribution in [3.8, 4) is 18.2 Å². The number of amides is 1. The van der Waals surface area contributed by atoms with Crippen LogP contribution in [0.25, 0.3) is 0 Å². The first-order valence-electron chi connectivity index (χ1n) is 8.63. The fourth-order valence-corrected chi connectivity index (χ4v) is 2.84. The number of carbonyl (C=O) groups excluding carboxylic acids is 1. The highest BCUT2D eigenvalue weighted by Gasteiger charge is 2.39. The molecule has 0 radical (unpaired) electrons. The molecule has 134 valence electrons. The SMILES string of the molecule is CC(C)NC(=O)C(C#N)(Cc1ccc(C#N)cc1)Cc1ccc(C#N)cc1. The third-order valence-electron chi connectivity index (χ3n) is 4.25. The fraction of sp³-hybridized carbons (Fsp3) is 0.273. The van der Waals surface area contributed by atoms with E-state index >= 15 is 0 Å². The van der Waals surface area contributed by atoms with Crippen LogP contribution in [0.1, 0.15) is 36.1 Å². The number of carbonyl (C=O) groups is 1. The van der Waals surface area contributed by atoms with E-state index in [1.54, 1.807) is 48.5 Å². The van der Waals surface area contributed by atoms with Gasteiger partial charge >= 0.3 is 0 Å². The largest absolute Gasteiger partial charge is 0.353 e. The molecule has 0 unspecified atom stereocenters. The van der Waals surface area contributed by atoms with Crippen molar-refractivity contribution in [1.29, 1.82) is 15.8 Å². The molecule has 27 heavy (non-hydrogen) atoms. The van der Waals surface area contributed by atoms with Crippen LogP contribution in [0.3, 0.4) is 0 Å². The van der Waals surface area contributed by atoms with Gasteiger partial charge in [0, 0.05) is 18.9 Å². The molecule has 0 fully saturated rings. The van der Waals surface area contributed by atoms with Gasteiger partial charge in [-0.25, -0.2) is 0 Å². The molecule has 0 heterocycles. The third-order valence-corrected chi connectivity index (χ3v) is 4.25. The zero-order chi connectivity index (χ0) is 19.9. The predicted octanol–water partition coefficient (Wildman–Crippen LogP) is 3.25. The molecule has 5 nitrogen and oxygen atoms in total. The second-order valence-electron chi connectivity index (χ2n) is 6.79. The van der Waals surface area contributed by atoms with E-state index in [0.717, 1.165) is 11.1 Å². The third kappa shape index (κ3) is 4.94. The Labute approximate surface area is 159 Å². The molecule has 0 aliphatic rings. The molecule has 2 rings (SSSR count). The first-order chi connectivity index (χ1) is 12.9. The number of hydrogen-bond donors (Lipinski definition) is 1. The molecule has 0 bridgehead atoms. The van der Waals surface area contributed by atoms with Crippen molar-refractivity contribution in [2.24, 2.45) is 5.41 Å². The monoisotopic (exact) mass is 356 g/mol. The van der Waals surface area contributed by atoms with E-state index in [9.17, 15) is 10.1 Å². The van der Waals surface area contributed by atoms with Gasteiger partial charge < -0.3 is 5.32 Å². The Morgan fingerprint density at radius 2 is 1.30 bits per heavy atom. The van der Waals surface area contributed by atoms with Crippen molar-refractivity contribution in [2.75, 3.05) is 0 Å². The quantitative estimate of drug-likeness (QED) is 0.858. The van der Waals surface area contributed by atoms with Gasteiger partial charge in [0.1, 0.15) is 5.41 Å². The summed E-state index contributed by atoms with van der Waals surface area (Å²) in [6.07, 6.45) is 0.460. The lowest BCUT2D eigenvalue weighted by Gasteiger charge is -2.27. The van der Waals surface area contributed by atoms with Crippen LogP contribution in [0.5, 0.6) is 0 Å². The maximum atomic E-state index is 12.9. The molecule has 0 aromatic heterocycles. The van der Waals surface area contributed by atoms with E-state index in [2.05, 4.69) is 23.5 Å². The Morgan fingerprint density at radius 1 is 0.889 bits per heavy atom. The van der Waals surface area contributed by atoms with Gasteiger partial charge in [0.05, 0.1) is 29.3 Å². The summed E-state index contributed by atoms with van der Waals surface area (Å²) in [6.45, 7) is 3.70. The highest BCUT2D eigenvalue weighted by atomic mass is 16.2. The summed E-state index contributed by atoms with van der Waals surface area (Å²) in [7, 11) is 0. The number of nitrogens with one attached hydrogen (secondary N) is 1. The summed E-state index contributed by atoms with van der Waals surface area (Å²) >= 11 is 0. The minimum Gasteiger partial charge on any atom is -0.353 e. The van der Waals surface area contributed by atoms with E-state index in [1.807, 2.05) is 13.8 Å². The molecule has 5 heteroatoms. The van der Waals surface area contributed by atoms with Crippen LogP contribution in [-0.4, -0.2) is 11.9 Å². The summed E-state index contributed by atoms with van der Waals surface area (Å²) in [6, 6.07) is 20.1. The van der Waals surface area contributed by atoms with Crippen LogP contribution in [0, 0.1) is 39.4 Å². The molecule has 1 N–H and O–H groups in total. The van der Waals surface area contributed by atoms with Crippen molar-refractivity contribution in [2.45, 2.75) is 32.7 Å². The molecular weight excluding hydrogens is 336 g/mol. The molecule has 2 aromatic carbocycles. The standard InChI is InChI=1S/C22H20N4O/c1-16(2)26-21(27)22(15-25,11-17-3-7-19(13-23)8-4-17)12-18-5-9-20(14-24)10-6-18/h3-10,16H,11-12H2,1-2H3,(H,26,27). The minimum atomic E-state index is -1.29. The lowest BCUT2D eigenvalue weighted by molar-refractivity contribution is -0.128. The average Bonchev–Trinajstić information content (AvgIpc) is 2.68. The van der Waals surface area contributed by atoms with E-state index in [-0.39, 0.29) is 24.8 Å². The van der Waals surface area contributed by atoms with Crippen LogP contribution in [0.4, 0.5) is 0 Å². The van der Waals surface area contributed by atoms with Crippen LogP contribution in [0.15, 0.2) is 48.5 Å². The lowest BCUT2D eigenvalue weighted by atomic mass is 9.76. The molecule has 0 spiro atoms.